The molecule has 1 saturated carbocycles. The molecule has 1 N–H and O–H groups in total. The number of nitrogens with zero attached hydrogens (tertiary/aromatic N) is 1. The Balaban J connectivity index is 0.000000720. The van der Waals surface area contributed by atoms with Gasteiger partial charge in [0.2, 0.25) is 0 Å². The highest BCUT2D eigenvalue weighted by Crippen LogP contribution is 2.29. The van der Waals surface area contributed by atoms with Gasteiger partial charge in [0.1, 0.15) is 0 Å². The van der Waals surface area contributed by atoms with E-state index in [0.717, 1.165) is 12.1 Å². The summed E-state index contributed by atoms with van der Waals surface area (Å²) in [4.78, 5) is 2.67. The van der Waals surface area contributed by atoms with Crippen LogP contribution in [0.4, 0.5) is 0 Å². The normalized spacial score (nSPS) is 34.6. The predicted molar refractivity (Wildman–Crippen MR) is 61.2 cm³/mol. The van der Waals surface area contributed by atoms with Gasteiger partial charge in [-0.2, -0.15) is 0 Å². The molecule has 1 aliphatic carbocycles. The molecule has 2 aliphatic rings. The minimum Gasteiger partial charge on any atom is -0.311 e. The van der Waals surface area contributed by atoms with Crippen LogP contribution < -0.4 is 5.32 Å². The smallest absolute Gasteiger partial charge is 0.0196 e. The molecule has 1 saturated heterocycles. The van der Waals surface area contributed by atoms with Crippen molar-refractivity contribution in [1.82, 2.24) is 10.2 Å². The molecule has 13 heavy (non-hydrogen) atoms. The lowest BCUT2D eigenvalue weighted by Crippen LogP contribution is -2.54. The van der Waals surface area contributed by atoms with E-state index >= 15 is 0 Å². The third-order valence-corrected chi connectivity index (χ3v) is 2.83. The van der Waals surface area contributed by atoms with Crippen molar-refractivity contribution < 1.29 is 0 Å². The van der Waals surface area contributed by atoms with E-state index in [2.05, 4.69) is 24.1 Å². The average Bonchev–Trinajstić information content (AvgIpc) is 2.76. The summed E-state index contributed by atoms with van der Waals surface area (Å²) < 4.78 is 0. The summed E-state index contributed by atoms with van der Waals surface area (Å²) in [6, 6.07) is 2.40. The Bertz CT molecular complexity index is 151. The van der Waals surface area contributed by atoms with Gasteiger partial charge in [0.25, 0.3) is 0 Å². The van der Waals surface area contributed by atoms with Crippen LogP contribution in [0.1, 0.15) is 26.7 Å². The van der Waals surface area contributed by atoms with Crippen LogP contribution in [0.2, 0.25) is 0 Å². The Morgan fingerprint density at radius 3 is 2.31 bits per heavy atom. The van der Waals surface area contributed by atoms with E-state index in [4.69, 9.17) is 0 Å². The molecule has 0 aromatic carbocycles. The standard InChI is InChI=1S/C9H18N2.2ClH/c1-7-6-11(9-3-4-9)8(2)5-10-7;;/h7-10H,3-6H2,1-2H3;2*1H/t7-,8-;;/m0../s1. The number of hydrogen-bond donors (Lipinski definition) is 1. The van der Waals surface area contributed by atoms with E-state index in [1.807, 2.05) is 0 Å². The molecule has 80 valence electrons. The number of hydrogen-bond acceptors (Lipinski definition) is 2. The first-order valence-electron chi connectivity index (χ1n) is 4.76. The predicted octanol–water partition coefficient (Wildman–Crippen LogP) is 1.67. The summed E-state index contributed by atoms with van der Waals surface area (Å²) >= 11 is 0. The Labute approximate surface area is 93.3 Å². The van der Waals surface area contributed by atoms with Gasteiger partial charge in [-0.05, 0) is 26.7 Å². The quantitative estimate of drug-likeness (QED) is 0.733. The first kappa shape index (κ1) is 13.5. The zero-order valence-electron chi connectivity index (χ0n) is 8.32. The molecule has 0 amide bonds. The Morgan fingerprint density at radius 1 is 1.15 bits per heavy atom. The molecule has 0 bridgehead atoms. The number of nitrogens with one attached hydrogen (secondary N) is 1. The molecule has 1 aliphatic heterocycles. The van der Waals surface area contributed by atoms with Crippen LogP contribution >= 0.6 is 24.8 Å². The SMILES string of the molecule is C[C@H]1CN(C2CC2)[C@@H](C)CN1.Cl.Cl. The zero-order valence-corrected chi connectivity index (χ0v) is 9.96. The lowest BCUT2D eigenvalue weighted by molar-refractivity contribution is 0.138. The molecule has 2 nitrogen and oxygen atoms in total. The molecule has 2 rings (SSSR count). The van der Waals surface area contributed by atoms with Crippen LogP contribution in [0, 0.1) is 0 Å². The second-order valence-electron chi connectivity index (χ2n) is 4.09. The Morgan fingerprint density at radius 2 is 1.77 bits per heavy atom. The van der Waals surface area contributed by atoms with Crippen molar-refractivity contribution >= 4 is 24.8 Å². The van der Waals surface area contributed by atoms with E-state index in [1.165, 1.54) is 25.9 Å². The van der Waals surface area contributed by atoms with Crippen molar-refractivity contribution in [3.63, 3.8) is 0 Å². The molecular weight excluding hydrogens is 207 g/mol. The molecule has 0 unspecified atom stereocenters. The maximum atomic E-state index is 3.50. The molecule has 0 aromatic heterocycles. The van der Waals surface area contributed by atoms with Crippen LogP contribution in [0.15, 0.2) is 0 Å². The van der Waals surface area contributed by atoms with Crippen LogP contribution in [0.25, 0.3) is 0 Å². The van der Waals surface area contributed by atoms with Crippen LogP contribution in [0.3, 0.4) is 0 Å². The third kappa shape index (κ3) is 3.28. The van der Waals surface area contributed by atoms with Crippen LogP contribution in [0.5, 0.6) is 0 Å². The first-order valence-corrected chi connectivity index (χ1v) is 4.76. The number of halogens is 2. The van der Waals surface area contributed by atoms with E-state index in [1.54, 1.807) is 0 Å². The topological polar surface area (TPSA) is 15.3 Å². The van der Waals surface area contributed by atoms with Gasteiger partial charge in [-0.1, -0.05) is 0 Å². The largest absolute Gasteiger partial charge is 0.311 e. The van der Waals surface area contributed by atoms with Crippen molar-refractivity contribution in [2.45, 2.75) is 44.8 Å². The van der Waals surface area contributed by atoms with Crippen LogP contribution in [-0.4, -0.2) is 36.1 Å². The molecular formula is C9H20Cl2N2. The summed E-state index contributed by atoms with van der Waals surface area (Å²) in [5.41, 5.74) is 0. The lowest BCUT2D eigenvalue weighted by atomic mass is 10.1. The maximum Gasteiger partial charge on any atom is 0.0196 e. The van der Waals surface area contributed by atoms with Crippen molar-refractivity contribution in [2.24, 2.45) is 0 Å². The molecule has 4 heteroatoms. The minimum absolute atomic E-state index is 0. The molecule has 2 atom stereocenters. The first-order chi connectivity index (χ1) is 5.27. The van der Waals surface area contributed by atoms with Gasteiger partial charge in [-0.25, -0.2) is 0 Å². The van der Waals surface area contributed by atoms with Gasteiger partial charge in [-0.15, -0.1) is 24.8 Å². The average molecular weight is 227 g/mol. The van der Waals surface area contributed by atoms with E-state index in [9.17, 15) is 0 Å². The number of piperazine rings is 1. The van der Waals surface area contributed by atoms with Gasteiger partial charge in [0.15, 0.2) is 0 Å². The Kier molecular flexibility index (Phi) is 5.61. The van der Waals surface area contributed by atoms with Crippen molar-refractivity contribution in [1.29, 1.82) is 0 Å². The summed E-state index contributed by atoms with van der Waals surface area (Å²) in [7, 11) is 0. The third-order valence-electron chi connectivity index (χ3n) is 2.83. The molecule has 1 heterocycles. The summed E-state index contributed by atoms with van der Waals surface area (Å²) in [6.45, 7) is 7.04. The van der Waals surface area contributed by atoms with Gasteiger partial charge < -0.3 is 5.32 Å². The fourth-order valence-corrected chi connectivity index (χ4v) is 1.96. The molecule has 0 aromatic rings. The number of rotatable bonds is 1. The van der Waals surface area contributed by atoms with Gasteiger partial charge >= 0.3 is 0 Å². The van der Waals surface area contributed by atoms with Crippen molar-refractivity contribution in [3.05, 3.63) is 0 Å². The second kappa shape index (κ2) is 5.40. The maximum absolute atomic E-state index is 3.50. The zero-order chi connectivity index (χ0) is 7.84. The summed E-state index contributed by atoms with van der Waals surface area (Å²) in [5, 5.41) is 3.50. The van der Waals surface area contributed by atoms with E-state index < -0.39 is 0 Å². The van der Waals surface area contributed by atoms with Gasteiger partial charge in [0, 0.05) is 31.2 Å². The van der Waals surface area contributed by atoms with E-state index in [0.29, 0.717) is 6.04 Å². The van der Waals surface area contributed by atoms with Gasteiger partial charge in [0.05, 0.1) is 0 Å². The lowest BCUT2D eigenvalue weighted by Gasteiger charge is -2.37. The highest BCUT2D eigenvalue weighted by atomic mass is 35.5. The molecule has 0 radical (unpaired) electrons. The van der Waals surface area contributed by atoms with Crippen LogP contribution in [-0.2, 0) is 0 Å². The van der Waals surface area contributed by atoms with Crippen molar-refractivity contribution in [2.75, 3.05) is 13.1 Å². The summed E-state index contributed by atoms with van der Waals surface area (Å²) in [6.07, 6.45) is 2.88. The summed E-state index contributed by atoms with van der Waals surface area (Å²) in [5.74, 6) is 0. The van der Waals surface area contributed by atoms with Gasteiger partial charge in [-0.3, -0.25) is 4.90 Å². The highest BCUT2D eigenvalue weighted by Gasteiger charge is 2.34. The second-order valence-corrected chi connectivity index (χ2v) is 4.09. The van der Waals surface area contributed by atoms with Crippen molar-refractivity contribution in [3.8, 4) is 0 Å². The fourth-order valence-electron chi connectivity index (χ4n) is 1.96. The molecule has 0 spiro atoms. The van der Waals surface area contributed by atoms with E-state index in [-0.39, 0.29) is 24.8 Å². The molecule has 2 fully saturated rings. The fraction of sp³-hybridized carbons (Fsp3) is 1.00. The highest BCUT2D eigenvalue weighted by molar-refractivity contribution is 5.85. The monoisotopic (exact) mass is 226 g/mol. The Hall–Kier alpha value is 0.500. The minimum atomic E-state index is 0.